The highest BCUT2D eigenvalue weighted by molar-refractivity contribution is 7.99. The number of rotatable bonds is 6. The van der Waals surface area contributed by atoms with E-state index in [1.165, 1.54) is 12.1 Å². The van der Waals surface area contributed by atoms with Gasteiger partial charge < -0.3 is 14.2 Å². The van der Waals surface area contributed by atoms with Crippen LogP contribution in [-0.4, -0.2) is 31.0 Å². The van der Waals surface area contributed by atoms with Crippen molar-refractivity contribution in [2.24, 2.45) is 0 Å². The van der Waals surface area contributed by atoms with Gasteiger partial charge in [-0.15, -0.1) is 11.8 Å². The molecule has 1 aliphatic rings. The van der Waals surface area contributed by atoms with Crippen LogP contribution in [0.1, 0.15) is 32.6 Å². The standard InChI is InChI=1S/C28H20FN3O3S/c29-20-6-3-17(4-7-20)18-5-8-21-23(14-31(15-26(33)34)24(21)12-18)27(35)22-9-11-32-25(22)16-36-28(32)19-2-1-10-30-13-19/h1-14,28H,15-16H2,(H,33,34)/t28-/m1/s1. The van der Waals surface area contributed by atoms with E-state index in [1.54, 1.807) is 40.9 Å². The first-order chi connectivity index (χ1) is 17.5. The summed E-state index contributed by atoms with van der Waals surface area (Å²) in [6.45, 7) is -0.274. The van der Waals surface area contributed by atoms with Crippen LogP contribution in [0.25, 0.3) is 22.0 Å². The minimum atomic E-state index is -1.00. The molecule has 3 aromatic heterocycles. The summed E-state index contributed by atoms with van der Waals surface area (Å²) in [4.78, 5) is 29.6. The normalized spacial score (nSPS) is 14.8. The van der Waals surface area contributed by atoms with Crippen LogP contribution in [0.5, 0.6) is 0 Å². The Morgan fingerprint density at radius 2 is 1.86 bits per heavy atom. The molecule has 0 bridgehead atoms. The molecule has 36 heavy (non-hydrogen) atoms. The quantitative estimate of drug-likeness (QED) is 0.302. The molecule has 5 aromatic rings. The third kappa shape index (κ3) is 3.79. The van der Waals surface area contributed by atoms with Crippen LogP contribution in [-0.2, 0) is 17.1 Å². The first kappa shape index (κ1) is 22.3. The van der Waals surface area contributed by atoms with E-state index >= 15 is 0 Å². The SMILES string of the molecule is O=C(O)Cn1cc(C(=O)c2ccn3c2CS[C@@H]3c2cccnc2)c2ccc(-c3ccc(F)cc3)cc21. The molecule has 2 aromatic carbocycles. The summed E-state index contributed by atoms with van der Waals surface area (Å²) >= 11 is 1.74. The number of fused-ring (bicyclic) bond motifs is 2. The number of carbonyl (C=O) groups is 2. The summed E-state index contributed by atoms with van der Waals surface area (Å²) in [6, 6.07) is 17.4. The van der Waals surface area contributed by atoms with Crippen molar-refractivity contribution in [1.29, 1.82) is 0 Å². The van der Waals surface area contributed by atoms with Crippen LogP contribution >= 0.6 is 11.8 Å². The van der Waals surface area contributed by atoms with Gasteiger partial charge in [0.1, 0.15) is 17.7 Å². The summed E-state index contributed by atoms with van der Waals surface area (Å²) in [5.41, 5.74) is 5.35. The van der Waals surface area contributed by atoms with E-state index in [4.69, 9.17) is 0 Å². The second-order valence-corrected chi connectivity index (χ2v) is 9.73. The molecule has 6 rings (SSSR count). The Balaban J connectivity index is 1.42. The molecule has 0 aliphatic carbocycles. The minimum absolute atomic E-state index is 0.0573. The summed E-state index contributed by atoms with van der Waals surface area (Å²) < 4.78 is 17.1. The molecule has 0 saturated carbocycles. The molecular weight excluding hydrogens is 477 g/mol. The monoisotopic (exact) mass is 497 g/mol. The predicted octanol–water partition coefficient (Wildman–Crippen LogP) is 5.75. The lowest BCUT2D eigenvalue weighted by molar-refractivity contribution is -0.137. The highest BCUT2D eigenvalue weighted by Crippen LogP contribution is 2.42. The van der Waals surface area contributed by atoms with E-state index in [2.05, 4.69) is 9.55 Å². The lowest BCUT2D eigenvalue weighted by Crippen LogP contribution is -2.08. The number of hydrogen-bond donors (Lipinski definition) is 1. The summed E-state index contributed by atoms with van der Waals surface area (Å²) in [5, 5.41) is 10.2. The molecule has 0 unspecified atom stereocenters. The molecule has 1 aliphatic heterocycles. The van der Waals surface area contributed by atoms with Gasteiger partial charge in [0.15, 0.2) is 5.78 Å². The average Bonchev–Trinajstić information content (AvgIpc) is 3.58. The van der Waals surface area contributed by atoms with E-state index in [9.17, 15) is 19.1 Å². The van der Waals surface area contributed by atoms with E-state index in [-0.39, 0.29) is 23.5 Å². The topological polar surface area (TPSA) is 77.1 Å². The number of ketones is 1. The lowest BCUT2D eigenvalue weighted by Gasteiger charge is -2.11. The van der Waals surface area contributed by atoms with E-state index in [0.717, 1.165) is 22.4 Å². The van der Waals surface area contributed by atoms with Crippen molar-refractivity contribution in [3.05, 3.63) is 114 Å². The van der Waals surface area contributed by atoms with Gasteiger partial charge in [0.2, 0.25) is 0 Å². The third-order valence-electron chi connectivity index (χ3n) is 6.48. The summed E-state index contributed by atoms with van der Waals surface area (Å²) in [5.74, 6) is -0.778. The lowest BCUT2D eigenvalue weighted by atomic mass is 10.00. The molecule has 6 nitrogen and oxygen atoms in total. The molecule has 0 radical (unpaired) electrons. The van der Waals surface area contributed by atoms with Crippen molar-refractivity contribution in [2.75, 3.05) is 0 Å². The maximum atomic E-state index is 13.8. The Hall–Kier alpha value is -4.17. The fourth-order valence-electron chi connectivity index (χ4n) is 4.79. The van der Waals surface area contributed by atoms with E-state index in [0.29, 0.717) is 27.8 Å². The van der Waals surface area contributed by atoms with Gasteiger partial charge in [-0.05, 0) is 41.5 Å². The smallest absolute Gasteiger partial charge is 0.323 e. The molecule has 1 atom stereocenters. The molecule has 0 spiro atoms. The van der Waals surface area contributed by atoms with Crippen molar-refractivity contribution in [3.8, 4) is 11.1 Å². The number of carboxylic acids is 1. The summed E-state index contributed by atoms with van der Waals surface area (Å²) in [7, 11) is 0. The first-order valence-corrected chi connectivity index (χ1v) is 12.4. The van der Waals surface area contributed by atoms with Crippen molar-refractivity contribution in [2.45, 2.75) is 17.7 Å². The Bertz CT molecular complexity index is 1620. The van der Waals surface area contributed by atoms with Gasteiger partial charge in [0.25, 0.3) is 0 Å². The predicted molar refractivity (Wildman–Crippen MR) is 137 cm³/mol. The number of carboxylic acid groups (broad SMARTS) is 1. The van der Waals surface area contributed by atoms with Gasteiger partial charge in [0.05, 0.1) is 0 Å². The second-order valence-electron chi connectivity index (χ2n) is 8.67. The van der Waals surface area contributed by atoms with Gasteiger partial charge in [-0.2, -0.15) is 0 Å². The number of halogens is 1. The van der Waals surface area contributed by atoms with Crippen molar-refractivity contribution < 1.29 is 19.1 Å². The molecule has 178 valence electrons. The van der Waals surface area contributed by atoms with Crippen molar-refractivity contribution in [3.63, 3.8) is 0 Å². The van der Waals surface area contributed by atoms with Gasteiger partial charge in [-0.3, -0.25) is 14.6 Å². The van der Waals surface area contributed by atoms with Crippen LogP contribution in [0.2, 0.25) is 0 Å². The fraction of sp³-hybridized carbons (Fsp3) is 0.107. The van der Waals surface area contributed by atoms with Gasteiger partial charge in [-0.1, -0.05) is 30.3 Å². The number of thioether (sulfide) groups is 1. The zero-order chi connectivity index (χ0) is 24.8. The Kier molecular flexibility index (Phi) is 5.45. The van der Waals surface area contributed by atoms with Crippen LogP contribution in [0.15, 0.2) is 85.5 Å². The molecule has 0 saturated heterocycles. The van der Waals surface area contributed by atoms with Crippen LogP contribution in [0.4, 0.5) is 4.39 Å². The van der Waals surface area contributed by atoms with Crippen LogP contribution in [0, 0.1) is 5.82 Å². The minimum Gasteiger partial charge on any atom is -0.480 e. The number of nitrogens with zero attached hydrogens (tertiary/aromatic N) is 3. The largest absolute Gasteiger partial charge is 0.480 e. The zero-order valence-corrected chi connectivity index (χ0v) is 19.8. The van der Waals surface area contributed by atoms with Crippen molar-refractivity contribution in [1.82, 2.24) is 14.1 Å². The maximum absolute atomic E-state index is 13.8. The maximum Gasteiger partial charge on any atom is 0.323 e. The Morgan fingerprint density at radius 1 is 1.06 bits per heavy atom. The number of carbonyl (C=O) groups excluding carboxylic acids is 1. The Morgan fingerprint density at radius 3 is 2.61 bits per heavy atom. The number of aromatic nitrogens is 3. The molecule has 4 heterocycles. The van der Waals surface area contributed by atoms with Gasteiger partial charge >= 0.3 is 5.97 Å². The number of hydrogen-bond acceptors (Lipinski definition) is 4. The van der Waals surface area contributed by atoms with E-state index < -0.39 is 5.97 Å². The average molecular weight is 498 g/mol. The second kappa shape index (κ2) is 8.80. The van der Waals surface area contributed by atoms with Crippen LogP contribution < -0.4 is 0 Å². The highest BCUT2D eigenvalue weighted by atomic mass is 32.2. The van der Waals surface area contributed by atoms with Crippen molar-refractivity contribution >= 4 is 34.4 Å². The van der Waals surface area contributed by atoms with E-state index in [1.807, 2.05) is 48.8 Å². The molecule has 0 fully saturated rings. The van der Waals surface area contributed by atoms with Crippen LogP contribution in [0.3, 0.4) is 0 Å². The zero-order valence-electron chi connectivity index (χ0n) is 19.0. The fourth-order valence-corrected chi connectivity index (χ4v) is 6.10. The number of pyridine rings is 1. The molecule has 0 amide bonds. The third-order valence-corrected chi connectivity index (χ3v) is 7.73. The summed E-state index contributed by atoms with van der Waals surface area (Å²) in [6.07, 6.45) is 7.14. The Labute approximate surface area is 210 Å². The van der Waals surface area contributed by atoms with Gasteiger partial charge in [-0.25, -0.2) is 4.39 Å². The molecule has 1 N–H and O–H groups in total. The molecule has 8 heteroatoms. The number of aliphatic carboxylic acids is 1. The van der Waals surface area contributed by atoms with Gasteiger partial charge in [0, 0.05) is 63.8 Å². The first-order valence-electron chi connectivity index (χ1n) is 11.4. The highest BCUT2D eigenvalue weighted by Gasteiger charge is 2.30. The number of benzene rings is 2. The molecular formula is C28H20FN3O3S.